The molecule has 11 nitrogen and oxygen atoms in total. The average molecular weight is 489 g/mol. The summed E-state index contributed by atoms with van der Waals surface area (Å²) in [4.78, 5) is 63.0. The number of nitrogens with zero attached hydrogens (tertiary/aromatic N) is 3. The number of carboxylic acid groups (broad SMARTS) is 2. The standard InChI is InChI=1S/C24H32N4O7/c1-5-6-15(11-25-20(30)14-7-9-16(10-8-14)24(2,3)4)21(31)28-19-17(12-27(28)23(34)35)26(22(32)33)13-18(19)29/h7-10,15,17,19H,5-6,11-13H2,1-4H3,(H,25,30)(H,32,33)(H,34,35)/t15-,17+,19-/m0/s1. The van der Waals surface area contributed by atoms with Crippen molar-refractivity contribution < 1.29 is 34.2 Å². The van der Waals surface area contributed by atoms with Crippen LogP contribution in [0.1, 0.15) is 56.5 Å². The molecule has 3 N–H and O–H groups in total. The zero-order valence-electron chi connectivity index (χ0n) is 20.4. The van der Waals surface area contributed by atoms with E-state index in [1.54, 1.807) is 12.1 Å². The van der Waals surface area contributed by atoms with Gasteiger partial charge in [-0.25, -0.2) is 19.6 Å². The van der Waals surface area contributed by atoms with Crippen molar-refractivity contribution >= 4 is 29.8 Å². The SMILES string of the molecule is CCC[C@@H](CNC(=O)c1ccc(C(C)(C)C)cc1)C(=O)N1[C@@H]2C(=O)CN(C(=O)O)[C@@H]2CN1C(=O)O. The zero-order chi connectivity index (χ0) is 26.1. The predicted molar refractivity (Wildman–Crippen MR) is 125 cm³/mol. The Morgan fingerprint density at radius 2 is 1.71 bits per heavy atom. The van der Waals surface area contributed by atoms with Crippen LogP contribution >= 0.6 is 0 Å². The quantitative estimate of drug-likeness (QED) is 0.556. The van der Waals surface area contributed by atoms with Gasteiger partial charge in [0.15, 0.2) is 5.78 Å². The highest BCUT2D eigenvalue weighted by Crippen LogP contribution is 2.31. The van der Waals surface area contributed by atoms with Crippen LogP contribution in [0.4, 0.5) is 9.59 Å². The third-order valence-corrected chi connectivity index (χ3v) is 6.51. The number of amides is 4. The monoisotopic (exact) mass is 488 g/mol. The second-order valence-electron chi connectivity index (χ2n) is 9.96. The fourth-order valence-corrected chi connectivity index (χ4v) is 4.60. The molecule has 0 unspecified atom stereocenters. The molecule has 0 spiro atoms. The molecular formula is C24H32N4O7. The lowest BCUT2D eigenvalue weighted by Crippen LogP contribution is -2.53. The molecule has 190 valence electrons. The molecule has 1 aromatic carbocycles. The number of benzene rings is 1. The number of likely N-dealkylation sites (tertiary alicyclic amines) is 1. The van der Waals surface area contributed by atoms with Gasteiger partial charge in [0.05, 0.1) is 25.0 Å². The maximum atomic E-state index is 13.5. The van der Waals surface area contributed by atoms with Gasteiger partial charge in [-0.05, 0) is 29.5 Å². The summed E-state index contributed by atoms with van der Waals surface area (Å²) in [6, 6.07) is 5.01. The second kappa shape index (κ2) is 9.93. The van der Waals surface area contributed by atoms with Crippen molar-refractivity contribution in [3.8, 4) is 0 Å². The van der Waals surface area contributed by atoms with Gasteiger partial charge in [-0.1, -0.05) is 46.2 Å². The van der Waals surface area contributed by atoms with Gasteiger partial charge in [0.1, 0.15) is 6.04 Å². The number of ketones is 1. The van der Waals surface area contributed by atoms with Crippen molar-refractivity contribution in [3.63, 3.8) is 0 Å². The Balaban J connectivity index is 1.77. The lowest BCUT2D eigenvalue weighted by Gasteiger charge is -2.31. The van der Waals surface area contributed by atoms with Gasteiger partial charge in [-0.3, -0.25) is 19.3 Å². The highest BCUT2D eigenvalue weighted by molar-refractivity contribution is 5.98. The van der Waals surface area contributed by atoms with Crippen LogP contribution in [0.5, 0.6) is 0 Å². The van der Waals surface area contributed by atoms with E-state index in [9.17, 15) is 34.2 Å². The van der Waals surface area contributed by atoms with E-state index in [1.165, 1.54) is 0 Å². The number of Topliss-reactive ketones (excluding diaryl/α,β-unsaturated/α-hetero) is 1. The molecule has 11 heteroatoms. The van der Waals surface area contributed by atoms with Crippen molar-refractivity contribution in [1.29, 1.82) is 0 Å². The second-order valence-corrected chi connectivity index (χ2v) is 9.96. The van der Waals surface area contributed by atoms with E-state index in [-0.39, 0.29) is 24.4 Å². The van der Waals surface area contributed by atoms with E-state index >= 15 is 0 Å². The summed E-state index contributed by atoms with van der Waals surface area (Å²) in [6.07, 6.45) is -1.87. The molecule has 35 heavy (non-hydrogen) atoms. The van der Waals surface area contributed by atoms with Crippen LogP contribution in [0.3, 0.4) is 0 Å². The summed E-state index contributed by atoms with van der Waals surface area (Å²) in [6.45, 7) is 7.29. The predicted octanol–water partition coefficient (Wildman–Crippen LogP) is 2.17. The molecule has 2 aliphatic heterocycles. The van der Waals surface area contributed by atoms with Crippen molar-refractivity contribution in [2.75, 3.05) is 19.6 Å². The Bertz CT molecular complexity index is 1020. The molecule has 0 radical (unpaired) electrons. The van der Waals surface area contributed by atoms with Crippen LogP contribution in [0.25, 0.3) is 0 Å². The summed E-state index contributed by atoms with van der Waals surface area (Å²) in [5.41, 5.74) is 1.43. The summed E-state index contributed by atoms with van der Waals surface area (Å²) in [7, 11) is 0. The highest BCUT2D eigenvalue weighted by Gasteiger charge is 2.57. The Kier molecular flexibility index (Phi) is 7.37. The first-order chi connectivity index (χ1) is 16.4. The van der Waals surface area contributed by atoms with Crippen molar-refractivity contribution in [2.24, 2.45) is 5.92 Å². The Morgan fingerprint density at radius 3 is 2.23 bits per heavy atom. The Morgan fingerprint density at radius 1 is 1.09 bits per heavy atom. The number of hydrazine groups is 1. The van der Waals surface area contributed by atoms with Crippen LogP contribution < -0.4 is 5.32 Å². The molecule has 0 saturated carbocycles. The van der Waals surface area contributed by atoms with Gasteiger partial charge in [-0.2, -0.15) is 0 Å². The first-order valence-electron chi connectivity index (χ1n) is 11.6. The summed E-state index contributed by atoms with van der Waals surface area (Å²) in [5.74, 6) is -2.33. The number of carbonyl (C=O) groups excluding carboxylic acids is 3. The maximum absolute atomic E-state index is 13.5. The van der Waals surface area contributed by atoms with E-state index in [0.717, 1.165) is 15.5 Å². The van der Waals surface area contributed by atoms with Crippen LogP contribution in [0, 0.1) is 5.92 Å². The average Bonchev–Trinajstić information content (AvgIpc) is 3.33. The Labute approximate surface area is 203 Å². The maximum Gasteiger partial charge on any atom is 0.426 e. The van der Waals surface area contributed by atoms with Gasteiger partial charge in [-0.15, -0.1) is 0 Å². The highest BCUT2D eigenvalue weighted by atomic mass is 16.4. The largest absolute Gasteiger partial charge is 0.465 e. The third kappa shape index (κ3) is 5.23. The summed E-state index contributed by atoms with van der Waals surface area (Å²) >= 11 is 0. The minimum atomic E-state index is -1.45. The first-order valence-corrected chi connectivity index (χ1v) is 11.6. The number of hydrogen-bond donors (Lipinski definition) is 3. The van der Waals surface area contributed by atoms with Gasteiger partial charge >= 0.3 is 12.2 Å². The van der Waals surface area contributed by atoms with Crippen molar-refractivity contribution in [1.82, 2.24) is 20.2 Å². The normalized spacial score (nSPS) is 20.6. The van der Waals surface area contributed by atoms with E-state index in [1.807, 2.05) is 19.1 Å². The molecule has 3 atom stereocenters. The molecule has 2 aliphatic rings. The minimum Gasteiger partial charge on any atom is -0.465 e. The fraction of sp³-hybridized carbons (Fsp3) is 0.542. The van der Waals surface area contributed by atoms with Crippen molar-refractivity contribution in [3.05, 3.63) is 35.4 Å². The molecule has 0 aromatic heterocycles. The lowest BCUT2D eigenvalue weighted by atomic mass is 9.86. The van der Waals surface area contributed by atoms with Crippen LogP contribution in [0.2, 0.25) is 0 Å². The first kappa shape index (κ1) is 26.0. The lowest BCUT2D eigenvalue weighted by molar-refractivity contribution is -0.152. The fourth-order valence-electron chi connectivity index (χ4n) is 4.60. The molecule has 2 heterocycles. The number of fused-ring (bicyclic) bond motifs is 1. The molecule has 2 fully saturated rings. The number of carbonyl (C=O) groups is 5. The minimum absolute atomic E-state index is 0.0509. The molecule has 1 aromatic rings. The van der Waals surface area contributed by atoms with Gasteiger partial charge in [0.25, 0.3) is 5.91 Å². The van der Waals surface area contributed by atoms with Crippen molar-refractivity contribution in [2.45, 2.75) is 58.0 Å². The van der Waals surface area contributed by atoms with Gasteiger partial charge < -0.3 is 15.5 Å². The number of hydrogen-bond acceptors (Lipinski definition) is 5. The third-order valence-electron chi connectivity index (χ3n) is 6.51. The van der Waals surface area contributed by atoms with Crippen LogP contribution in [-0.2, 0) is 15.0 Å². The topological polar surface area (TPSA) is 148 Å². The molecule has 0 aliphatic carbocycles. The van der Waals surface area contributed by atoms with E-state index in [2.05, 4.69) is 26.1 Å². The van der Waals surface area contributed by atoms with E-state index < -0.39 is 48.4 Å². The smallest absolute Gasteiger partial charge is 0.426 e. The van der Waals surface area contributed by atoms with Gasteiger partial charge in [0.2, 0.25) is 5.91 Å². The molecule has 4 amide bonds. The van der Waals surface area contributed by atoms with E-state index in [4.69, 9.17) is 0 Å². The van der Waals surface area contributed by atoms with Crippen LogP contribution in [-0.4, -0.2) is 86.6 Å². The van der Waals surface area contributed by atoms with Gasteiger partial charge in [0, 0.05) is 12.1 Å². The van der Waals surface area contributed by atoms with Crippen LogP contribution in [0.15, 0.2) is 24.3 Å². The molecular weight excluding hydrogens is 456 g/mol. The van der Waals surface area contributed by atoms with E-state index in [0.29, 0.717) is 23.4 Å². The Hall–Kier alpha value is -3.63. The number of rotatable bonds is 6. The summed E-state index contributed by atoms with van der Waals surface area (Å²) < 4.78 is 0. The number of nitrogens with one attached hydrogen (secondary N) is 1. The zero-order valence-corrected chi connectivity index (χ0v) is 20.4. The molecule has 0 bridgehead atoms. The molecule has 3 rings (SSSR count). The molecule has 2 saturated heterocycles. The summed E-state index contributed by atoms with van der Waals surface area (Å²) in [5, 5.41) is 23.4.